The van der Waals surface area contributed by atoms with Gasteiger partial charge in [0.1, 0.15) is 12.3 Å². The first-order chi connectivity index (χ1) is 14.4. The molecule has 9 heteroatoms. The van der Waals surface area contributed by atoms with E-state index in [9.17, 15) is 14.4 Å². The molecule has 1 fully saturated rings. The predicted molar refractivity (Wildman–Crippen MR) is 108 cm³/mol. The van der Waals surface area contributed by atoms with Crippen LogP contribution in [0.2, 0.25) is 5.02 Å². The molecule has 0 bridgehead atoms. The van der Waals surface area contributed by atoms with Crippen molar-refractivity contribution in [3.63, 3.8) is 0 Å². The van der Waals surface area contributed by atoms with E-state index < -0.39 is 11.9 Å². The second-order valence-electron chi connectivity index (χ2n) is 7.07. The summed E-state index contributed by atoms with van der Waals surface area (Å²) >= 11 is 6.17. The van der Waals surface area contributed by atoms with Gasteiger partial charge < -0.3 is 9.73 Å². The fourth-order valence-electron chi connectivity index (χ4n) is 3.64. The van der Waals surface area contributed by atoms with Crippen molar-refractivity contribution in [2.75, 3.05) is 14.1 Å². The molecule has 0 spiro atoms. The highest BCUT2D eigenvalue weighted by atomic mass is 35.5. The molecule has 0 radical (unpaired) electrons. The normalized spacial score (nSPS) is 18.6. The van der Waals surface area contributed by atoms with Crippen LogP contribution in [0.1, 0.15) is 11.3 Å². The Balaban J connectivity index is 1.67. The molecule has 3 heterocycles. The molecule has 1 unspecified atom stereocenters. The number of carbonyl (C=O) groups excluding carboxylic acids is 3. The maximum absolute atomic E-state index is 13.1. The molecule has 4 rings (SSSR count). The second kappa shape index (κ2) is 7.79. The van der Waals surface area contributed by atoms with Gasteiger partial charge in [-0.1, -0.05) is 29.8 Å². The van der Waals surface area contributed by atoms with E-state index in [0.717, 1.165) is 10.5 Å². The van der Waals surface area contributed by atoms with Gasteiger partial charge in [-0.05, 0) is 29.8 Å². The Morgan fingerprint density at radius 2 is 1.93 bits per heavy atom. The largest absolute Gasteiger partial charge is 0.465 e. The van der Waals surface area contributed by atoms with Crippen molar-refractivity contribution in [3.8, 4) is 0 Å². The lowest BCUT2D eigenvalue weighted by Crippen LogP contribution is -2.57. The van der Waals surface area contributed by atoms with Gasteiger partial charge in [0, 0.05) is 18.6 Å². The van der Waals surface area contributed by atoms with Crippen LogP contribution < -0.4 is 5.32 Å². The summed E-state index contributed by atoms with van der Waals surface area (Å²) in [7, 11) is 3.01. The number of halogens is 1. The number of benzene rings is 1. The summed E-state index contributed by atoms with van der Waals surface area (Å²) in [5, 5.41) is 3.40. The highest BCUT2D eigenvalue weighted by molar-refractivity contribution is 6.31. The summed E-state index contributed by atoms with van der Waals surface area (Å²) in [4.78, 5) is 40.7. The standard InChI is InChI=1S/C21H19ClN4O4/c1-24-19-15(20(28)25(2)21(24)29)10-17(26(19)12-14-7-5-9-30-14)18(27)23-11-13-6-3-4-8-16(13)22/h3-10,15H,11-12H2,1-2H3/p+1. The summed E-state index contributed by atoms with van der Waals surface area (Å²) in [5.41, 5.74) is 1.05. The van der Waals surface area contributed by atoms with Gasteiger partial charge in [-0.25, -0.2) is 14.3 Å². The quantitative estimate of drug-likeness (QED) is 0.741. The van der Waals surface area contributed by atoms with Gasteiger partial charge >= 0.3 is 6.03 Å². The maximum atomic E-state index is 13.1. The van der Waals surface area contributed by atoms with Gasteiger partial charge in [-0.15, -0.1) is 0 Å². The first-order valence-corrected chi connectivity index (χ1v) is 9.71. The lowest BCUT2D eigenvalue weighted by molar-refractivity contribution is -0.492. The third-order valence-electron chi connectivity index (χ3n) is 5.21. The molecule has 0 saturated carbocycles. The van der Waals surface area contributed by atoms with Crippen LogP contribution >= 0.6 is 11.6 Å². The van der Waals surface area contributed by atoms with Crippen molar-refractivity contribution in [3.05, 3.63) is 70.8 Å². The summed E-state index contributed by atoms with van der Waals surface area (Å²) in [5.74, 6) is -0.456. The average Bonchev–Trinajstić information content (AvgIpc) is 3.38. The van der Waals surface area contributed by atoms with Crippen LogP contribution in [0.5, 0.6) is 0 Å². The van der Waals surface area contributed by atoms with Gasteiger partial charge in [0.25, 0.3) is 17.6 Å². The van der Waals surface area contributed by atoms with Crippen LogP contribution in [0.4, 0.5) is 4.79 Å². The Labute approximate surface area is 178 Å². The Kier molecular flexibility index (Phi) is 5.17. The minimum absolute atomic E-state index is 0.207. The zero-order chi connectivity index (χ0) is 21.4. The van der Waals surface area contributed by atoms with Crippen molar-refractivity contribution in [2.45, 2.75) is 13.1 Å². The number of nitrogens with one attached hydrogen (secondary N) is 1. The molecule has 1 aromatic heterocycles. The number of furan rings is 1. The number of hydrogen-bond acceptors (Lipinski definition) is 4. The number of amides is 4. The lowest BCUT2D eigenvalue weighted by atomic mass is 10.0. The third-order valence-corrected chi connectivity index (χ3v) is 5.58. The molecule has 8 nitrogen and oxygen atoms in total. The molecule has 30 heavy (non-hydrogen) atoms. The smallest absolute Gasteiger partial charge is 0.417 e. The Bertz CT molecular complexity index is 1090. The SMILES string of the molecule is CN1C(=O)C2C=C(C(=O)NCc3ccccc3Cl)[N+](Cc3ccco3)=C2N(C)C1=O. The zero-order valence-electron chi connectivity index (χ0n) is 16.5. The van der Waals surface area contributed by atoms with Gasteiger partial charge in [-0.2, -0.15) is 4.90 Å². The number of urea groups is 1. The van der Waals surface area contributed by atoms with Crippen LogP contribution in [0, 0.1) is 5.92 Å². The van der Waals surface area contributed by atoms with Gasteiger partial charge in [0.2, 0.25) is 0 Å². The van der Waals surface area contributed by atoms with Crippen molar-refractivity contribution in [2.24, 2.45) is 5.92 Å². The van der Waals surface area contributed by atoms with Crippen molar-refractivity contribution < 1.29 is 23.4 Å². The second-order valence-corrected chi connectivity index (χ2v) is 7.47. The molecule has 2 aliphatic rings. The van der Waals surface area contributed by atoms with Gasteiger partial charge in [-0.3, -0.25) is 9.59 Å². The fraction of sp³-hybridized carbons (Fsp3) is 0.238. The van der Waals surface area contributed by atoms with Crippen LogP contribution in [0.25, 0.3) is 0 Å². The van der Waals surface area contributed by atoms with E-state index in [1.165, 1.54) is 18.2 Å². The highest BCUT2D eigenvalue weighted by Crippen LogP contribution is 2.27. The Morgan fingerprint density at radius 1 is 1.17 bits per heavy atom. The summed E-state index contributed by atoms with van der Waals surface area (Å²) in [6, 6.07) is 10.3. The molecule has 1 N–H and O–H groups in total. The fourth-order valence-corrected chi connectivity index (χ4v) is 3.84. The van der Waals surface area contributed by atoms with Crippen LogP contribution in [0.15, 0.2) is 58.9 Å². The monoisotopic (exact) mass is 427 g/mol. The Morgan fingerprint density at radius 3 is 2.63 bits per heavy atom. The number of amidine groups is 1. The summed E-state index contributed by atoms with van der Waals surface area (Å²) in [6.45, 7) is 0.436. The van der Waals surface area contributed by atoms with E-state index in [0.29, 0.717) is 16.6 Å². The number of rotatable bonds is 5. The lowest BCUT2D eigenvalue weighted by Gasteiger charge is -2.27. The topological polar surface area (TPSA) is 85.9 Å². The van der Waals surface area contributed by atoms with Crippen LogP contribution in [-0.4, -0.2) is 52.2 Å². The zero-order valence-corrected chi connectivity index (χ0v) is 17.2. The van der Waals surface area contributed by atoms with Crippen molar-refractivity contribution in [1.29, 1.82) is 0 Å². The minimum atomic E-state index is -0.728. The Hall–Kier alpha value is -3.39. The number of carbonyl (C=O) groups is 3. The molecule has 1 atom stereocenters. The maximum Gasteiger partial charge on any atom is 0.417 e. The minimum Gasteiger partial charge on any atom is -0.465 e. The van der Waals surface area contributed by atoms with Gasteiger partial charge in [0.15, 0.2) is 11.6 Å². The first-order valence-electron chi connectivity index (χ1n) is 9.34. The molecule has 2 aliphatic heterocycles. The number of imide groups is 1. The molecule has 4 amide bonds. The summed E-state index contributed by atoms with van der Waals surface area (Å²) < 4.78 is 7.08. The molecule has 0 aliphatic carbocycles. The van der Waals surface area contributed by atoms with E-state index in [2.05, 4.69) is 5.32 Å². The molecule has 154 valence electrons. The van der Waals surface area contributed by atoms with Crippen molar-refractivity contribution in [1.82, 2.24) is 15.1 Å². The van der Waals surface area contributed by atoms with E-state index in [-0.39, 0.29) is 30.6 Å². The number of hydrogen-bond donors (Lipinski definition) is 1. The van der Waals surface area contributed by atoms with E-state index in [1.54, 1.807) is 35.9 Å². The predicted octanol–water partition coefficient (Wildman–Crippen LogP) is 2.20. The summed E-state index contributed by atoms with van der Waals surface area (Å²) in [6.07, 6.45) is 3.12. The van der Waals surface area contributed by atoms with E-state index in [4.69, 9.17) is 16.0 Å². The molecule has 1 aromatic carbocycles. The number of nitrogens with zero attached hydrogens (tertiary/aromatic N) is 3. The van der Waals surface area contributed by atoms with E-state index in [1.807, 2.05) is 18.2 Å². The van der Waals surface area contributed by atoms with Gasteiger partial charge in [0.05, 0.1) is 13.3 Å². The van der Waals surface area contributed by atoms with Crippen LogP contribution in [-0.2, 0) is 22.7 Å². The average molecular weight is 428 g/mol. The first kappa shape index (κ1) is 19.9. The molecule has 2 aromatic rings. The highest BCUT2D eigenvalue weighted by Gasteiger charge is 2.51. The molecule has 1 saturated heterocycles. The molecular formula is C21H20ClN4O4+. The molecular weight excluding hydrogens is 408 g/mol. The van der Waals surface area contributed by atoms with E-state index >= 15 is 0 Å². The van der Waals surface area contributed by atoms with Crippen LogP contribution in [0.3, 0.4) is 0 Å². The third kappa shape index (κ3) is 3.39. The van der Waals surface area contributed by atoms with Crippen molar-refractivity contribution >= 4 is 35.3 Å². The number of fused-ring (bicyclic) bond motifs is 1.